The molecule has 1 aromatic heterocycles. The van der Waals surface area contributed by atoms with E-state index >= 15 is 0 Å². The van der Waals surface area contributed by atoms with Gasteiger partial charge in [-0.2, -0.15) is 0 Å². The first-order valence-electron chi connectivity index (χ1n) is 8.91. The van der Waals surface area contributed by atoms with Crippen molar-refractivity contribution in [1.82, 2.24) is 4.57 Å². The second-order valence-corrected chi connectivity index (χ2v) is 7.60. The van der Waals surface area contributed by atoms with Gasteiger partial charge in [-0.3, -0.25) is 4.79 Å². The fourth-order valence-corrected chi connectivity index (χ4v) is 4.36. The normalized spacial score (nSPS) is 16.8. The Hall–Kier alpha value is -2.06. The minimum absolute atomic E-state index is 0.240. The molecule has 0 saturated carbocycles. The average molecular weight is 352 g/mol. The molecule has 0 radical (unpaired) electrons. The Labute approximate surface area is 153 Å². The molecule has 0 bridgehead atoms. The first kappa shape index (κ1) is 16.4. The maximum atomic E-state index is 12.8. The highest BCUT2D eigenvalue weighted by atomic mass is 35.5. The molecule has 128 valence electrons. The van der Waals surface area contributed by atoms with Crippen molar-refractivity contribution >= 4 is 28.3 Å². The van der Waals surface area contributed by atoms with Crippen LogP contribution in [0.5, 0.6) is 0 Å². The van der Waals surface area contributed by atoms with E-state index in [-0.39, 0.29) is 5.78 Å². The van der Waals surface area contributed by atoms with Crippen molar-refractivity contribution < 1.29 is 4.79 Å². The van der Waals surface area contributed by atoms with Crippen molar-refractivity contribution in [3.05, 3.63) is 69.9 Å². The van der Waals surface area contributed by atoms with Gasteiger partial charge < -0.3 is 4.57 Å². The van der Waals surface area contributed by atoms with E-state index in [1.165, 1.54) is 27.7 Å². The molecule has 1 unspecified atom stereocenters. The van der Waals surface area contributed by atoms with Crippen LogP contribution in [0.15, 0.2) is 42.5 Å². The summed E-state index contributed by atoms with van der Waals surface area (Å²) in [7, 11) is 2.11. The highest BCUT2D eigenvalue weighted by Gasteiger charge is 2.28. The van der Waals surface area contributed by atoms with Crippen LogP contribution in [0.3, 0.4) is 0 Å². The molecule has 3 heteroatoms. The van der Waals surface area contributed by atoms with E-state index in [0.29, 0.717) is 12.3 Å². The Morgan fingerprint density at radius 3 is 2.72 bits per heavy atom. The maximum absolute atomic E-state index is 12.8. The first-order valence-corrected chi connectivity index (χ1v) is 9.29. The van der Waals surface area contributed by atoms with E-state index in [1.54, 1.807) is 0 Å². The second kappa shape index (κ2) is 6.34. The SMILES string of the molecule is Cc1ccc(C(=O)CC2CCCc3c2c2ccc(Cl)cc2n3C)cc1. The standard InChI is InChI=1S/C22H22ClNO/c1-14-6-8-15(9-7-14)21(25)12-16-4-3-5-19-22(16)18-11-10-17(23)13-20(18)24(19)2/h6-11,13,16H,3-5,12H2,1-2H3. The predicted molar refractivity (Wildman–Crippen MR) is 104 cm³/mol. The van der Waals surface area contributed by atoms with E-state index in [4.69, 9.17) is 11.6 Å². The molecule has 1 aliphatic rings. The molecule has 0 fully saturated rings. The zero-order chi connectivity index (χ0) is 17.6. The molecule has 0 N–H and O–H groups in total. The number of halogens is 1. The Balaban J connectivity index is 1.72. The van der Waals surface area contributed by atoms with Crippen LogP contribution < -0.4 is 0 Å². The van der Waals surface area contributed by atoms with Gasteiger partial charge in [-0.25, -0.2) is 0 Å². The molecule has 1 atom stereocenters. The quantitative estimate of drug-likeness (QED) is 0.544. The minimum Gasteiger partial charge on any atom is -0.347 e. The molecule has 1 heterocycles. The third-order valence-corrected chi connectivity index (χ3v) is 5.74. The lowest BCUT2D eigenvalue weighted by Crippen LogP contribution is -2.14. The Morgan fingerprint density at radius 1 is 1.20 bits per heavy atom. The molecule has 0 spiro atoms. The molecule has 25 heavy (non-hydrogen) atoms. The highest BCUT2D eigenvalue weighted by molar-refractivity contribution is 6.31. The van der Waals surface area contributed by atoms with Crippen LogP contribution in [-0.4, -0.2) is 10.4 Å². The Morgan fingerprint density at radius 2 is 1.96 bits per heavy atom. The lowest BCUT2D eigenvalue weighted by atomic mass is 9.81. The molecule has 0 saturated heterocycles. The topological polar surface area (TPSA) is 22.0 Å². The molecular weight excluding hydrogens is 330 g/mol. The molecule has 2 aromatic carbocycles. The monoisotopic (exact) mass is 351 g/mol. The fourth-order valence-electron chi connectivity index (χ4n) is 4.19. The smallest absolute Gasteiger partial charge is 0.163 e. The minimum atomic E-state index is 0.240. The van der Waals surface area contributed by atoms with Crippen molar-refractivity contribution in [3.63, 3.8) is 0 Å². The average Bonchev–Trinajstić information content (AvgIpc) is 2.89. The Bertz CT molecular complexity index is 952. The summed E-state index contributed by atoms with van der Waals surface area (Å²) in [6.07, 6.45) is 3.87. The van der Waals surface area contributed by atoms with Crippen LogP contribution in [0, 0.1) is 6.92 Å². The summed E-state index contributed by atoms with van der Waals surface area (Å²) in [5, 5.41) is 2.01. The van der Waals surface area contributed by atoms with Gasteiger partial charge in [-0.15, -0.1) is 0 Å². The summed E-state index contributed by atoms with van der Waals surface area (Å²) in [5.74, 6) is 0.534. The zero-order valence-electron chi connectivity index (χ0n) is 14.7. The van der Waals surface area contributed by atoms with Gasteiger partial charge in [0.05, 0.1) is 0 Å². The maximum Gasteiger partial charge on any atom is 0.163 e. The van der Waals surface area contributed by atoms with Crippen molar-refractivity contribution in [2.24, 2.45) is 7.05 Å². The summed E-state index contributed by atoms with van der Waals surface area (Å²) >= 11 is 6.20. The number of aromatic nitrogens is 1. The zero-order valence-corrected chi connectivity index (χ0v) is 15.4. The Kier molecular flexibility index (Phi) is 4.16. The van der Waals surface area contributed by atoms with Crippen molar-refractivity contribution in [2.45, 2.75) is 38.5 Å². The molecule has 3 aromatic rings. The van der Waals surface area contributed by atoms with Crippen LogP contribution in [-0.2, 0) is 13.5 Å². The van der Waals surface area contributed by atoms with Crippen LogP contribution in [0.4, 0.5) is 0 Å². The number of carbonyl (C=O) groups excluding carboxylic acids is 1. The van der Waals surface area contributed by atoms with Gasteiger partial charge in [0.25, 0.3) is 0 Å². The largest absolute Gasteiger partial charge is 0.347 e. The number of carbonyl (C=O) groups is 1. The number of hydrogen-bond acceptors (Lipinski definition) is 1. The number of benzene rings is 2. The highest BCUT2D eigenvalue weighted by Crippen LogP contribution is 2.41. The van der Waals surface area contributed by atoms with E-state index < -0.39 is 0 Å². The molecule has 1 aliphatic carbocycles. The van der Waals surface area contributed by atoms with E-state index in [2.05, 4.69) is 17.7 Å². The summed E-state index contributed by atoms with van der Waals surface area (Å²) in [6, 6.07) is 14.0. The number of ketones is 1. The van der Waals surface area contributed by atoms with Crippen molar-refractivity contribution in [3.8, 4) is 0 Å². The molecule has 2 nitrogen and oxygen atoms in total. The van der Waals surface area contributed by atoms with Crippen LogP contribution in [0.2, 0.25) is 5.02 Å². The number of Topliss-reactive ketones (excluding diaryl/α,β-unsaturated/α-hetero) is 1. The summed E-state index contributed by atoms with van der Waals surface area (Å²) < 4.78 is 2.26. The molecule has 0 amide bonds. The lowest BCUT2D eigenvalue weighted by Gasteiger charge is -2.23. The number of hydrogen-bond donors (Lipinski definition) is 0. The van der Waals surface area contributed by atoms with Gasteiger partial charge in [-0.1, -0.05) is 47.5 Å². The van der Waals surface area contributed by atoms with Gasteiger partial charge in [0.15, 0.2) is 5.78 Å². The van der Waals surface area contributed by atoms with Gasteiger partial charge in [-0.05, 0) is 49.8 Å². The van der Waals surface area contributed by atoms with Crippen molar-refractivity contribution in [2.75, 3.05) is 0 Å². The fraction of sp³-hybridized carbons (Fsp3) is 0.318. The molecular formula is C22H22ClNO. The van der Waals surface area contributed by atoms with E-state index in [9.17, 15) is 4.79 Å². The van der Waals surface area contributed by atoms with Crippen LogP contribution in [0.1, 0.15) is 52.4 Å². The number of fused-ring (bicyclic) bond motifs is 3. The van der Waals surface area contributed by atoms with Gasteiger partial charge in [0, 0.05) is 40.7 Å². The third-order valence-electron chi connectivity index (χ3n) is 5.51. The lowest BCUT2D eigenvalue weighted by molar-refractivity contribution is 0.0971. The molecule has 0 aliphatic heterocycles. The van der Waals surface area contributed by atoms with Gasteiger partial charge >= 0.3 is 0 Å². The van der Waals surface area contributed by atoms with E-state index in [0.717, 1.165) is 29.8 Å². The summed E-state index contributed by atoms with van der Waals surface area (Å²) in [4.78, 5) is 12.8. The number of nitrogens with zero attached hydrogens (tertiary/aromatic N) is 1. The summed E-state index contributed by atoms with van der Waals surface area (Å²) in [6.45, 7) is 2.04. The third kappa shape index (κ3) is 2.89. The van der Waals surface area contributed by atoms with E-state index in [1.807, 2.05) is 43.3 Å². The van der Waals surface area contributed by atoms with Crippen molar-refractivity contribution in [1.29, 1.82) is 0 Å². The molecule has 4 rings (SSSR count). The number of aryl methyl sites for hydroxylation is 2. The second-order valence-electron chi connectivity index (χ2n) is 7.16. The number of rotatable bonds is 3. The summed E-state index contributed by atoms with van der Waals surface area (Å²) in [5.41, 5.74) is 5.90. The van der Waals surface area contributed by atoms with Crippen LogP contribution >= 0.6 is 11.6 Å². The van der Waals surface area contributed by atoms with Crippen LogP contribution in [0.25, 0.3) is 10.9 Å². The first-order chi connectivity index (χ1) is 12.0. The van der Waals surface area contributed by atoms with Gasteiger partial charge in [0.1, 0.15) is 0 Å². The predicted octanol–water partition coefficient (Wildman–Crippen LogP) is 5.83. The van der Waals surface area contributed by atoms with Gasteiger partial charge in [0.2, 0.25) is 0 Å².